The van der Waals surface area contributed by atoms with Gasteiger partial charge in [0.15, 0.2) is 0 Å². The molecular weight excluding hydrogens is 751 g/mol. The lowest BCUT2D eigenvalue weighted by atomic mass is 10.0. The van der Waals surface area contributed by atoms with E-state index in [1.165, 1.54) is 31.3 Å². The first-order chi connectivity index (χ1) is 26.5. The van der Waals surface area contributed by atoms with Crippen LogP contribution in [-0.4, -0.2) is 116 Å². The van der Waals surface area contributed by atoms with Gasteiger partial charge in [0.05, 0.1) is 25.6 Å². The Balaban J connectivity index is 1.65. The number of rotatable bonds is 23. The van der Waals surface area contributed by atoms with Crippen molar-refractivity contribution in [1.29, 1.82) is 0 Å². The third-order valence-corrected chi connectivity index (χ3v) is 10.2. The van der Waals surface area contributed by atoms with Crippen LogP contribution in [0.1, 0.15) is 71.1 Å². The molecule has 56 heavy (non-hydrogen) atoms. The number of carbonyl (C=O) groups excluding carboxylic acids is 6. The Hall–Kier alpha value is -4.68. The van der Waals surface area contributed by atoms with Crippen LogP contribution >= 0.6 is 7.82 Å². The van der Waals surface area contributed by atoms with Gasteiger partial charge in [-0.05, 0) is 56.9 Å². The summed E-state index contributed by atoms with van der Waals surface area (Å²) in [5.41, 5.74) is 7.00. The number of hydrogen-bond acceptors (Lipinski definition) is 11. The van der Waals surface area contributed by atoms with E-state index in [0.29, 0.717) is 37.9 Å². The summed E-state index contributed by atoms with van der Waals surface area (Å²) in [6.07, 6.45) is 4.22. The first kappa shape index (κ1) is 45.7. The van der Waals surface area contributed by atoms with Crippen molar-refractivity contribution in [1.82, 2.24) is 36.1 Å². The van der Waals surface area contributed by atoms with E-state index in [-0.39, 0.29) is 31.3 Å². The molecule has 0 bridgehead atoms. The molecule has 1 saturated heterocycles. The minimum atomic E-state index is -4.72. The molecule has 7 atom stereocenters. The molecule has 19 nitrogen and oxygen atoms in total. The summed E-state index contributed by atoms with van der Waals surface area (Å²) < 4.78 is 22.8. The largest absolute Gasteiger partial charge is 0.472 e. The number of aliphatic hydroxyl groups is 1. The Labute approximate surface area is 325 Å². The summed E-state index contributed by atoms with van der Waals surface area (Å²) in [5, 5.41) is 20.0. The third-order valence-electron chi connectivity index (χ3n) is 9.06. The molecule has 9 N–H and O–H groups in total. The summed E-state index contributed by atoms with van der Waals surface area (Å²) >= 11 is 0. The number of aryl methyl sites for hydroxylation is 1. The van der Waals surface area contributed by atoms with Crippen LogP contribution in [0.15, 0.2) is 42.9 Å². The Morgan fingerprint density at radius 2 is 1.64 bits per heavy atom. The molecule has 1 aliphatic rings. The van der Waals surface area contributed by atoms with E-state index in [2.05, 4.69) is 31.2 Å². The maximum absolute atomic E-state index is 13.7. The van der Waals surface area contributed by atoms with Gasteiger partial charge in [-0.2, -0.15) is 0 Å². The lowest BCUT2D eigenvalue weighted by molar-refractivity contribution is -0.139. The second-order valence-electron chi connectivity index (χ2n) is 14.1. The number of nitrogens with zero attached hydrogens (tertiary/aromatic N) is 2. The number of nitrogens with one attached hydrogen (secondary N) is 5. The Morgan fingerprint density at radius 3 is 2.25 bits per heavy atom. The number of phosphoric acid groups is 1. The average molecular weight is 807 g/mol. The predicted molar refractivity (Wildman–Crippen MR) is 202 cm³/mol. The molecule has 1 aliphatic heterocycles. The van der Waals surface area contributed by atoms with Crippen LogP contribution in [0, 0.1) is 5.92 Å². The van der Waals surface area contributed by atoms with Gasteiger partial charge in [-0.1, -0.05) is 44.2 Å². The molecule has 6 amide bonds. The van der Waals surface area contributed by atoms with Crippen molar-refractivity contribution in [2.45, 2.75) is 109 Å². The fourth-order valence-corrected chi connectivity index (χ4v) is 7.14. The smallest absolute Gasteiger partial charge is 0.394 e. The first-order valence-corrected chi connectivity index (χ1v) is 20.1. The molecular formula is C36H55N8O11P. The number of likely N-dealkylation sites (tertiary alicyclic amines) is 1. The predicted octanol–water partition coefficient (Wildman–Crippen LogP) is -0.0290. The van der Waals surface area contributed by atoms with Crippen molar-refractivity contribution in [2.24, 2.45) is 11.7 Å². The van der Waals surface area contributed by atoms with Crippen molar-refractivity contribution in [2.75, 3.05) is 19.8 Å². The van der Waals surface area contributed by atoms with Gasteiger partial charge in [-0.25, -0.2) is 9.55 Å². The Morgan fingerprint density at radius 1 is 0.982 bits per heavy atom. The zero-order valence-corrected chi connectivity index (χ0v) is 33.0. The van der Waals surface area contributed by atoms with Gasteiger partial charge in [-0.3, -0.25) is 37.8 Å². The summed E-state index contributed by atoms with van der Waals surface area (Å²) in [6.45, 7) is 5.58. The molecule has 0 saturated carbocycles. The summed E-state index contributed by atoms with van der Waals surface area (Å²) in [6, 6.07) is 3.04. The highest BCUT2D eigenvalue weighted by molar-refractivity contribution is 7.47. The fourth-order valence-electron chi connectivity index (χ4n) is 6.18. The molecule has 2 heterocycles. The van der Waals surface area contributed by atoms with Gasteiger partial charge in [0.1, 0.15) is 30.2 Å². The van der Waals surface area contributed by atoms with Gasteiger partial charge in [0, 0.05) is 31.8 Å². The second-order valence-corrected chi connectivity index (χ2v) is 15.5. The van der Waals surface area contributed by atoms with Crippen molar-refractivity contribution >= 4 is 43.3 Å². The molecule has 3 rings (SSSR count). The van der Waals surface area contributed by atoms with Gasteiger partial charge in [0.2, 0.25) is 35.4 Å². The number of unbranched alkanes of at least 4 members (excludes halogenated alkanes) is 1. The fraction of sp³-hybridized carbons (Fsp3) is 0.583. The average Bonchev–Trinajstić information content (AvgIpc) is 3.85. The third kappa shape index (κ3) is 14.8. The topological polar surface area (TPSA) is 284 Å². The van der Waals surface area contributed by atoms with Crippen molar-refractivity contribution in [3.8, 4) is 0 Å². The molecule has 2 unspecified atom stereocenters. The number of aliphatic hydroxyl groups excluding tert-OH is 1. The van der Waals surface area contributed by atoms with Crippen LogP contribution in [0.25, 0.3) is 0 Å². The molecule has 1 aromatic carbocycles. The number of benzene rings is 1. The molecule has 0 aliphatic carbocycles. The van der Waals surface area contributed by atoms with E-state index in [4.69, 9.17) is 14.8 Å². The highest BCUT2D eigenvalue weighted by Crippen LogP contribution is 2.45. The Bertz CT molecular complexity index is 1660. The van der Waals surface area contributed by atoms with Gasteiger partial charge < -0.3 is 46.9 Å². The number of amides is 6. The van der Waals surface area contributed by atoms with Gasteiger partial charge >= 0.3 is 7.82 Å². The van der Waals surface area contributed by atoms with Crippen LogP contribution in [0.4, 0.5) is 0 Å². The number of aromatic nitrogens is 2. The molecule has 0 radical (unpaired) electrons. The zero-order valence-electron chi connectivity index (χ0n) is 32.1. The van der Waals surface area contributed by atoms with Crippen LogP contribution in [0.3, 0.4) is 0 Å². The lowest BCUT2D eigenvalue weighted by Gasteiger charge is -2.28. The van der Waals surface area contributed by atoms with Crippen LogP contribution in [-0.2, 0) is 55.2 Å². The molecule has 20 heteroatoms. The molecule has 1 fully saturated rings. The number of H-pyrrole nitrogens is 1. The Kier molecular flexibility index (Phi) is 18.1. The summed E-state index contributed by atoms with van der Waals surface area (Å²) in [5.74, 6) is -4.72. The number of primary amides is 1. The van der Waals surface area contributed by atoms with Crippen LogP contribution in [0.5, 0.6) is 0 Å². The van der Waals surface area contributed by atoms with Crippen LogP contribution < -0.4 is 27.0 Å². The summed E-state index contributed by atoms with van der Waals surface area (Å²) in [7, 11) is -4.72. The summed E-state index contributed by atoms with van der Waals surface area (Å²) in [4.78, 5) is 96.7. The number of phosphoric ester groups is 1. The molecule has 1 aromatic heterocycles. The first-order valence-electron chi connectivity index (χ1n) is 18.6. The lowest BCUT2D eigenvalue weighted by Crippen LogP contribution is -2.61. The van der Waals surface area contributed by atoms with Crippen LogP contribution in [0.2, 0.25) is 0 Å². The van der Waals surface area contributed by atoms with E-state index in [9.17, 15) is 43.3 Å². The maximum Gasteiger partial charge on any atom is 0.472 e. The minimum Gasteiger partial charge on any atom is -0.394 e. The van der Waals surface area contributed by atoms with Crippen molar-refractivity contribution < 1.29 is 52.4 Å². The number of hydrogen-bond donors (Lipinski definition) is 8. The number of carbonyl (C=O) groups is 6. The molecule has 2 aromatic rings. The maximum atomic E-state index is 13.7. The van der Waals surface area contributed by atoms with E-state index in [0.717, 1.165) is 12.0 Å². The van der Waals surface area contributed by atoms with E-state index in [1.54, 1.807) is 0 Å². The van der Waals surface area contributed by atoms with Crippen molar-refractivity contribution in [3.63, 3.8) is 0 Å². The SMILES string of the molecule is CC(=O)N1CCCC1C(=O)N[C@@H](CC(C)C)C(=O)N[C@@H](Cc1cnc[nH]1)C(=O)N[C@@H](CO)C(=O)N[C@H](C(N)=O)[C@@H](C)OP(=O)(O)OCCCCc1ccccc1. The van der Waals surface area contributed by atoms with E-state index >= 15 is 0 Å². The minimum absolute atomic E-state index is 0.0679. The highest BCUT2D eigenvalue weighted by Gasteiger charge is 2.37. The van der Waals surface area contributed by atoms with Gasteiger partial charge in [-0.15, -0.1) is 0 Å². The highest BCUT2D eigenvalue weighted by atomic mass is 31.2. The number of imidazole rings is 1. The van der Waals surface area contributed by atoms with Crippen molar-refractivity contribution in [3.05, 3.63) is 54.1 Å². The van der Waals surface area contributed by atoms with E-state index < -0.39 is 80.3 Å². The normalized spacial score (nSPS) is 17.8. The molecule has 310 valence electrons. The second kappa shape index (κ2) is 22.2. The standard InChI is InChI=1S/C36H55N8O11P/c1-22(2)17-27(41-36(51)30-14-10-15-44(30)24(4)46)33(48)40-28(18-26-19-38-21-39-26)34(49)42-29(20-45)35(50)43-31(32(37)47)23(3)55-56(52,53)54-16-9-8-13-25-11-6-5-7-12-25/h5-7,11-12,19,21-23,27-31,45H,8-10,13-18,20H2,1-4H3,(H2,37,47)(H,38,39)(H,40,48)(H,41,51)(H,42,49)(H,43,50)(H,52,53)/t23-,27+,28+,29+,30?,31+/m1/s1. The quantitative estimate of drug-likeness (QED) is 0.0543. The monoisotopic (exact) mass is 806 g/mol. The zero-order chi connectivity index (χ0) is 41.4. The molecule has 0 spiro atoms. The van der Waals surface area contributed by atoms with E-state index in [1.807, 2.05) is 44.2 Å². The number of nitrogens with two attached hydrogens (primary N) is 1. The van der Waals surface area contributed by atoms with Gasteiger partial charge in [0.25, 0.3) is 0 Å². The number of aromatic amines is 1.